The van der Waals surface area contributed by atoms with E-state index in [1.165, 1.54) is 5.56 Å². The van der Waals surface area contributed by atoms with Gasteiger partial charge >= 0.3 is 0 Å². The van der Waals surface area contributed by atoms with E-state index in [0.29, 0.717) is 5.78 Å². The summed E-state index contributed by atoms with van der Waals surface area (Å²) < 4.78 is 1.96. The molecule has 0 saturated heterocycles. The molecule has 0 fully saturated rings. The molecule has 0 atom stereocenters. The molecule has 114 valence electrons. The molecule has 0 unspecified atom stereocenters. The van der Waals surface area contributed by atoms with Crippen LogP contribution in [0.4, 0.5) is 0 Å². The third kappa shape index (κ3) is 3.22. The molecule has 3 aromatic rings. The van der Waals surface area contributed by atoms with Crippen LogP contribution >= 0.6 is 11.8 Å². The van der Waals surface area contributed by atoms with E-state index >= 15 is 0 Å². The highest BCUT2D eigenvalue weighted by molar-refractivity contribution is 7.99. The number of thioether (sulfide) groups is 1. The first-order valence-corrected chi connectivity index (χ1v) is 8.40. The van der Waals surface area contributed by atoms with Crippen LogP contribution in [0.3, 0.4) is 0 Å². The van der Waals surface area contributed by atoms with Crippen molar-refractivity contribution in [2.24, 2.45) is 0 Å². The van der Waals surface area contributed by atoms with E-state index in [1.54, 1.807) is 17.8 Å². The second-order valence-corrected chi connectivity index (χ2v) is 6.16. The third-order valence-corrected chi connectivity index (χ3v) is 4.35. The van der Waals surface area contributed by atoms with E-state index in [0.717, 1.165) is 35.9 Å². The lowest BCUT2D eigenvalue weighted by Gasteiger charge is -2.06. The fraction of sp³-hybridized carbons (Fsp3) is 0.312. The molecule has 2 heterocycles. The minimum Gasteiger partial charge on any atom is -0.291 e. The van der Waals surface area contributed by atoms with Gasteiger partial charge in [-0.15, -0.1) is 10.2 Å². The lowest BCUT2D eigenvalue weighted by Crippen LogP contribution is -2.12. The maximum absolute atomic E-state index is 11.6. The fourth-order valence-electron chi connectivity index (χ4n) is 2.41. The SMILES string of the molecule is CCCc1cc(=O)[nH]c2nnc(SCCc3ccccc3)n12. The van der Waals surface area contributed by atoms with Crippen molar-refractivity contribution in [2.75, 3.05) is 5.75 Å². The molecule has 1 N–H and O–H groups in total. The monoisotopic (exact) mass is 314 g/mol. The first-order valence-electron chi connectivity index (χ1n) is 7.42. The number of fused-ring (bicyclic) bond motifs is 1. The van der Waals surface area contributed by atoms with Gasteiger partial charge in [0.2, 0.25) is 5.78 Å². The van der Waals surface area contributed by atoms with Crippen molar-refractivity contribution < 1.29 is 0 Å². The van der Waals surface area contributed by atoms with Gasteiger partial charge in [-0.1, -0.05) is 55.4 Å². The smallest absolute Gasteiger partial charge is 0.252 e. The number of nitrogens with one attached hydrogen (secondary N) is 1. The molecule has 5 nitrogen and oxygen atoms in total. The first-order chi connectivity index (χ1) is 10.8. The van der Waals surface area contributed by atoms with Crippen molar-refractivity contribution in [3.8, 4) is 0 Å². The molecule has 6 heteroatoms. The standard InChI is InChI=1S/C16H18N4OS/c1-2-6-13-11-14(21)17-15-18-19-16(20(13)15)22-10-9-12-7-4-3-5-8-12/h3-5,7-8,11H,2,6,9-10H2,1H3,(H,17,18,21). The summed E-state index contributed by atoms with van der Waals surface area (Å²) in [5.74, 6) is 1.45. The van der Waals surface area contributed by atoms with E-state index in [-0.39, 0.29) is 5.56 Å². The summed E-state index contributed by atoms with van der Waals surface area (Å²) in [6.07, 6.45) is 2.79. The summed E-state index contributed by atoms with van der Waals surface area (Å²) in [5.41, 5.74) is 2.16. The number of rotatable bonds is 6. The van der Waals surface area contributed by atoms with E-state index < -0.39 is 0 Å². The van der Waals surface area contributed by atoms with E-state index in [1.807, 2.05) is 10.5 Å². The van der Waals surface area contributed by atoms with Crippen molar-refractivity contribution >= 4 is 17.5 Å². The number of aromatic amines is 1. The van der Waals surface area contributed by atoms with Gasteiger partial charge in [-0.25, -0.2) is 0 Å². The molecular weight excluding hydrogens is 296 g/mol. The quantitative estimate of drug-likeness (QED) is 0.711. The second kappa shape index (κ2) is 6.79. The lowest BCUT2D eigenvalue weighted by atomic mass is 10.2. The van der Waals surface area contributed by atoms with Crippen LogP contribution in [-0.4, -0.2) is 25.3 Å². The van der Waals surface area contributed by atoms with Gasteiger partial charge < -0.3 is 0 Å². The maximum Gasteiger partial charge on any atom is 0.252 e. The Hall–Kier alpha value is -2.08. The van der Waals surface area contributed by atoms with Crippen LogP contribution in [0.5, 0.6) is 0 Å². The predicted octanol–water partition coefficient (Wildman–Crippen LogP) is 2.70. The highest BCUT2D eigenvalue weighted by Crippen LogP contribution is 2.19. The Labute approximate surface area is 132 Å². The van der Waals surface area contributed by atoms with Gasteiger partial charge in [0, 0.05) is 17.5 Å². The maximum atomic E-state index is 11.6. The largest absolute Gasteiger partial charge is 0.291 e. The number of H-pyrrole nitrogens is 1. The Morgan fingerprint density at radius 2 is 2.00 bits per heavy atom. The van der Waals surface area contributed by atoms with E-state index in [2.05, 4.69) is 46.4 Å². The Kier molecular flexibility index (Phi) is 4.58. The molecule has 0 bridgehead atoms. The van der Waals surface area contributed by atoms with Crippen LogP contribution in [0.1, 0.15) is 24.6 Å². The number of benzene rings is 1. The van der Waals surface area contributed by atoms with Gasteiger partial charge in [-0.05, 0) is 18.4 Å². The summed E-state index contributed by atoms with van der Waals surface area (Å²) in [6, 6.07) is 12.0. The van der Waals surface area contributed by atoms with Crippen molar-refractivity contribution in [3.63, 3.8) is 0 Å². The number of hydrogen-bond donors (Lipinski definition) is 1. The average molecular weight is 314 g/mol. The zero-order valence-electron chi connectivity index (χ0n) is 12.5. The lowest BCUT2D eigenvalue weighted by molar-refractivity contribution is 0.800. The van der Waals surface area contributed by atoms with Gasteiger partial charge in [0.25, 0.3) is 5.56 Å². The van der Waals surface area contributed by atoms with Gasteiger partial charge in [0.1, 0.15) is 0 Å². The Morgan fingerprint density at radius 3 is 2.77 bits per heavy atom. The molecule has 0 aliphatic heterocycles. The van der Waals surface area contributed by atoms with E-state index in [9.17, 15) is 4.79 Å². The van der Waals surface area contributed by atoms with Crippen LogP contribution in [0.15, 0.2) is 46.3 Å². The van der Waals surface area contributed by atoms with Gasteiger partial charge in [-0.3, -0.25) is 14.2 Å². The van der Waals surface area contributed by atoms with Gasteiger partial charge in [0.15, 0.2) is 5.16 Å². The summed E-state index contributed by atoms with van der Waals surface area (Å²) in [6.45, 7) is 2.10. The van der Waals surface area contributed by atoms with Crippen LogP contribution in [-0.2, 0) is 12.8 Å². The summed E-state index contributed by atoms with van der Waals surface area (Å²) in [5, 5.41) is 9.14. The molecule has 1 aromatic carbocycles. The Bertz CT molecular complexity index is 810. The topological polar surface area (TPSA) is 63.0 Å². The minimum atomic E-state index is -0.121. The summed E-state index contributed by atoms with van der Waals surface area (Å²) >= 11 is 1.66. The number of hydrogen-bond acceptors (Lipinski definition) is 4. The average Bonchev–Trinajstić information content (AvgIpc) is 2.92. The summed E-state index contributed by atoms with van der Waals surface area (Å²) in [7, 11) is 0. The molecule has 22 heavy (non-hydrogen) atoms. The molecule has 0 aliphatic rings. The Morgan fingerprint density at radius 1 is 1.18 bits per heavy atom. The van der Waals surface area contributed by atoms with Crippen LogP contribution < -0.4 is 5.56 Å². The second-order valence-electron chi connectivity index (χ2n) is 5.10. The zero-order valence-corrected chi connectivity index (χ0v) is 13.3. The van der Waals surface area contributed by atoms with Crippen molar-refractivity contribution in [1.82, 2.24) is 19.6 Å². The molecule has 3 rings (SSSR count). The third-order valence-electron chi connectivity index (χ3n) is 3.42. The first kappa shape index (κ1) is 14.8. The van der Waals surface area contributed by atoms with E-state index in [4.69, 9.17) is 0 Å². The molecule has 0 amide bonds. The molecular formula is C16H18N4OS. The molecule has 0 saturated carbocycles. The summed E-state index contributed by atoms with van der Waals surface area (Å²) in [4.78, 5) is 14.4. The van der Waals surface area contributed by atoms with Crippen molar-refractivity contribution in [2.45, 2.75) is 31.3 Å². The Balaban J connectivity index is 1.80. The van der Waals surface area contributed by atoms with Crippen LogP contribution in [0.25, 0.3) is 5.78 Å². The minimum absolute atomic E-state index is 0.121. The highest BCUT2D eigenvalue weighted by atomic mass is 32.2. The highest BCUT2D eigenvalue weighted by Gasteiger charge is 2.11. The molecule has 0 radical (unpaired) electrons. The molecule has 0 aliphatic carbocycles. The number of aryl methyl sites for hydroxylation is 2. The molecule has 0 spiro atoms. The van der Waals surface area contributed by atoms with Crippen LogP contribution in [0, 0.1) is 0 Å². The van der Waals surface area contributed by atoms with Crippen molar-refractivity contribution in [3.05, 3.63) is 58.0 Å². The zero-order chi connectivity index (χ0) is 15.4. The fourth-order valence-corrected chi connectivity index (χ4v) is 3.36. The number of nitrogens with zero attached hydrogens (tertiary/aromatic N) is 3. The number of aromatic nitrogens is 4. The van der Waals surface area contributed by atoms with Crippen LogP contribution in [0.2, 0.25) is 0 Å². The van der Waals surface area contributed by atoms with Gasteiger partial charge in [-0.2, -0.15) is 0 Å². The van der Waals surface area contributed by atoms with Gasteiger partial charge in [0.05, 0.1) is 0 Å². The van der Waals surface area contributed by atoms with Crippen molar-refractivity contribution in [1.29, 1.82) is 0 Å². The normalized spacial score (nSPS) is 11.1. The predicted molar refractivity (Wildman–Crippen MR) is 88.5 cm³/mol. The molecule has 2 aromatic heterocycles.